The maximum Gasteiger partial charge on any atom is 0.256 e. The van der Waals surface area contributed by atoms with Crippen LogP contribution in [0, 0.1) is 0 Å². The first-order valence-corrected chi connectivity index (χ1v) is 9.54. The maximum atomic E-state index is 13.1. The molecule has 0 fully saturated rings. The molecule has 4 rings (SSSR count). The molecule has 0 radical (unpaired) electrons. The Hall–Kier alpha value is -3.18. The van der Waals surface area contributed by atoms with Crippen LogP contribution in [0.3, 0.4) is 0 Å². The number of hydrogen-bond donors (Lipinski definition) is 1. The second-order valence-corrected chi connectivity index (χ2v) is 7.18. The largest absolute Gasteiger partial charge is 0.497 e. The highest BCUT2D eigenvalue weighted by molar-refractivity contribution is 9.10. The first kappa shape index (κ1) is 18.2. The standard InChI is InChI=1S/C23H17BrN2O2/c1-28-18-9-5-8-17(13-18)25-23(27)20-14-22(15-6-3-2-4-7-15)26-21-11-10-16(24)12-19(20)21/h2-14H,1H3,(H,25,27). The fourth-order valence-corrected chi connectivity index (χ4v) is 3.40. The van der Waals surface area contributed by atoms with Crippen molar-refractivity contribution >= 4 is 38.4 Å². The number of fused-ring (bicyclic) bond motifs is 1. The number of ether oxygens (including phenoxy) is 1. The predicted octanol–water partition coefficient (Wildman–Crippen LogP) is 5.93. The Morgan fingerprint density at radius 3 is 2.57 bits per heavy atom. The van der Waals surface area contributed by atoms with Crippen molar-refractivity contribution in [3.05, 3.63) is 88.9 Å². The van der Waals surface area contributed by atoms with Gasteiger partial charge in [-0.05, 0) is 36.4 Å². The van der Waals surface area contributed by atoms with Crippen LogP contribution in [0.2, 0.25) is 0 Å². The number of anilines is 1. The van der Waals surface area contributed by atoms with Gasteiger partial charge in [0.25, 0.3) is 5.91 Å². The Bertz CT molecular complexity index is 1160. The van der Waals surface area contributed by atoms with Crippen LogP contribution in [0.25, 0.3) is 22.2 Å². The zero-order valence-corrected chi connectivity index (χ0v) is 16.7. The number of carbonyl (C=O) groups is 1. The zero-order chi connectivity index (χ0) is 19.5. The maximum absolute atomic E-state index is 13.1. The van der Waals surface area contributed by atoms with E-state index in [4.69, 9.17) is 9.72 Å². The minimum Gasteiger partial charge on any atom is -0.497 e. The second-order valence-electron chi connectivity index (χ2n) is 6.27. The molecule has 4 nitrogen and oxygen atoms in total. The van der Waals surface area contributed by atoms with Gasteiger partial charge in [0.1, 0.15) is 5.75 Å². The van der Waals surface area contributed by atoms with Gasteiger partial charge in [-0.25, -0.2) is 4.98 Å². The molecule has 0 atom stereocenters. The fraction of sp³-hybridized carbons (Fsp3) is 0.0435. The average Bonchev–Trinajstić information content (AvgIpc) is 2.73. The Balaban J connectivity index is 1.81. The summed E-state index contributed by atoms with van der Waals surface area (Å²) in [5.74, 6) is 0.487. The smallest absolute Gasteiger partial charge is 0.256 e. The van der Waals surface area contributed by atoms with Gasteiger partial charge in [0.05, 0.1) is 23.9 Å². The molecule has 0 saturated carbocycles. The Morgan fingerprint density at radius 1 is 0.964 bits per heavy atom. The molecular weight excluding hydrogens is 416 g/mol. The highest BCUT2D eigenvalue weighted by Crippen LogP contribution is 2.28. The van der Waals surface area contributed by atoms with Crippen molar-refractivity contribution in [2.45, 2.75) is 0 Å². The van der Waals surface area contributed by atoms with Crippen molar-refractivity contribution in [2.24, 2.45) is 0 Å². The van der Waals surface area contributed by atoms with Gasteiger partial charge in [-0.15, -0.1) is 0 Å². The minimum absolute atomic E-state index is 0.198. The lowest BCUT2D eigenvalue weighted by Crippen LogP contribution is -2.13. The Kier molecular flexibility index (Phi) is 5.08. The molecule has 0 unspecified atom stereocenters. The van der Waals surface area contributed by atoms with Crippen molar-refractivity contribution in [3.63, 3.8) is 0 Å². The molecule has 0 spiro atoms. The number of pyridine rings is 1. The lowest BCUT2D eigenvalue weighted by molar-refractivity contribution is 0.102. The van der Waals surface area contributed by atoms with Crippen molar-refractivity contribution in [3.8, 4) is 17.0 Å². The highest BCUT2D eigenvalue weighted by atomic mass is 79.9. The van der Waals surface area contributed by atoms with Gasteiger partial charge in [-0.3, -0.25) is 4.79 Å². The number of nitrogens with one attached hydrogen (secondary N) is 1. The number of rotatable bonds is 4. The molecule has 0 bridgehead atoms. The number of methoxy groups -OCH3 is 1. The summed E-state index contributed by atoms with van der Waals surface area (Å²) in [5.41, 5.74) is 3.72. The molecule has 0 aliphatic heterocycles. The number of benzene rings is 3. The van der Waals surface area contributed by atoms with Crippen LogP contribution in [0.4, 0.5) is 5.69 Å². The van der Waals surface area contributed by atoms with Crippen molar-refractivity contribution in [2.75, 3.05) is 12.4 Å². The zero-order valence-electron chi connectivity index (χ0n) is 15.1. The molecule has 0 saturated heterocycles. The molecular formula is C23H17BrN2O2. The van der Waals surface area contributed by atoms with E-state index in [9.17, 15) is 4.79 Å². The van der Waals surface area contributed by atoms with Gasteiger partial charge in [0.15, 0.2) is 0 Å². The lowest BCUT2D eigenvalue weighted by Gasteiger charge is -2.12. The number of nitrogens with zero attached hydrogens (tertiary/aromatic N) is 1. The van der Waals surface area contributed by atoms with Crippen molar-refractivity contribution in [1.82, 2.24) is 4.98 Å². The van der Waals surface area contributed by atoms with Gasteiger partial charge in [0.2, 0.25) is 0 Å². The van der Waals surface area contributed by atoms with Gasteiger partial charge in [-0.1, -0.05) is 52.3 Å². The second kappa shape index (κ2) is 7.82. The van der Waals surface area contributed by atoms with Crippen molar-refractivity contribution < 1.29 is 9.53 Å². The van der Waals surface area contributed by atoms with Gasteiger partial charge in [-0.2, -0.15) is 0 Å². The molecule has 3 aromatic carbocycles. The summed E-state index contributed by atoms with van der Waals surface area (Å²) >= 11 is 3.49. The van der Waals surface area contributed by atoms with Crippen LogP contribution in [0.1, 0.15) is 10.4 Å². The normalized spacial score (nSPS) is 10.6. The first-order valence-electron chi connectivity index (χ1n) is 8.75. The third kappa shape index (κ3) is 3.75. The lowest BCUT2D eigenvalue weighted by atomic mass is 10.0. The van der Waals surface area contributed by atoms with E-state index < -0.39 is 0 Å². The molecule has 0 aliphatic carbocycles. The predicted molar refractivity (Wildman–Crippen MR) is 116 cm³/mol. The van der Waals surface area contributed by atoms with Crippen LogP contribution in [0.15, 0.2) is 83.3 Å². The van der Waals surface area contributed by atoms with Crippen LogP contribution in [0.5, 0.6) is 5.75 Å². The van der Waals surface area contributed by atoms with Crippen LogP contribution >= 0.6 is 15.9 Å². The molecule has 28 heavy (non-hydrogen) atoms. The average molecular weight is 433 g/mol. The monoisotopic (exact) mass is 432 g/mol. The van der Waals surface area contributed by atoms with Gasteiger partial charge >= 0.3 is 0 Å². The molecule has 1 N–H and O–H groups in total. The Labute approximate surface area is 171 Å². The number of carbonyl (C=O) groups excluding carboxylic acids is 1. The molecule has 1 aromatic heterocycles. The molecule has 138 valence electrons. The summed E-state index contributed by atoms with van der Waals surface area (Å²) in [7, 11) is 1.60. The molecule has 0 aliphatic rings. The summed E-state index contributed by atoms with van der Waals surface area (Å²) in [5, 5.41) is 3.75. The Morgan fingerprint density at radius 2 is 1.79 bits per heavy atom. The quantitative estimate of drug-likeness (QED) is 0.434. The highest BCUT2D eigenvalue weighted by Gasteiger charge is 2.15. The van der Waals surface area contributed by atoms with Crippen LogP contribution in [-0.4, -0.2) is 18.0 Å². The summed E-state index contributed by atoms with van der Waals surface area (Å²) in [6.45, 7) is 0. The number of amides is 1. The third-order valence-corrected chi connectivity index (χ3v) is 4.91. The van der Waals surface area contributed by atoms with Crippen LogP contribution < -0.4 is 10.1 Å². The van der Waals surface area contributed by atoms with E-state index in [0.29, 0.717) is 17.0 Å². The topological polar surface area (TPSA) is 51.2 Å². The molecule has 1 heterocycles. The number of hydrogen-bond acceptors (Lipinski definition) is 3. The van der Waals surface area contributed by atoms with Crippen LogP contribution in [-0.2, 0) is 0 Å². The summed E-state index contributed by atoms with van der Waals surface area (Å²) in [6, 6.07) is 24.7. The fourth-order valence-electron chi connectivity index (χ4n) is 3.04. The van der Waals surface area contributed by atoms with E-state index in [1.807, 2.05) is 72.8 Å². The first-order chi connectivity index (χ1) is 13.6. The molecule has 4 aromatic rings. The molecule has 5 heteroatoms. The van der Waals surface area contributed by atoms with Gasteiger partial charge < -0.3 is 10.1 Å². The van der Waals surface area contributed by atoms with E-state index in [0.717, 1.165) is 26.6 Å². The van der Waals surface area contributed by atoms with Crippen molar-refractivity contribution in [1.29, 1.82) is 0 Å². The van der Waals surface area contributed by atoms with E-state index in [2.05, 4.69) is 21.2 Å². The summed E-state index contributed by atoms with van der Waals surface area (Å²) in [4.78, 5) is 17.9. The number of halogens is 1. The summed E-state index contributed by atoms with van der Waals surface area (Å²) in [6.07, 6.45) is 0. The van der Waals surface area contributed by atoms with Gasteiger partial charge in [0, 0.05) is 27.2 Å². The minimum atomic E-state index is -0.198. The van der Waals surface area contributed by atoms with E-state index in [1.54, 1.807) is 13.2 Å². The SMILES string of the molecule is COc1cccc(NC(=O)c2cc(-c3ccccc3)nc3ccc(Br)cc23)c1. The third-order valence-electron chi connectivity index (χ3n) is 4.41. The molecule has 1 amide bonds. The van der Waals surface area contributed by atoms with E-state index in [1.165, 1.54) is 0 Å². The van der Waals surface area contributed by atoms with E-state index in [-0.39, 0.29) is 5.91 Å². The number of aromatic nitrogens is 1. The summed E-state index contributed by atoms with van der Waals surface area (Å²) < 4.78 is 6.13. The van der Waals surface area contributed by atoms with E-state index >= 15 is 0 Å².